The molecule has 0 aliphatic heterocycles. The zero-order valence-corrected chi connectivity index (χ0v) is 14.1. The SMILES string of the molecule is CC/C=C\CC/C=C\CNC(=O)/C=C(\C)CCC=C(C)C. The summed E-state index contributed by atoms with van der Waals surface area (Å²) in [5.41, 5.74) is 2.45. The molecule has 0 radical (unpaired) electrons. The molecule has 0 bridgehead atoms. The van der Waals surface area contributed by atoms with Gasteiger partial charge >= 0.3 is 0 Å². The fraction of sp³-hybridized carbons (Fsp3) is 0.526. The minimum absolute atomic E-state index is 0.000212. The Morgan fingerprint density at radius 3 is 2.24 bits per heavy atom. The summed E-state index contributed by atoms with van der Waals surface area (Å²) >= 11 is 0. The van der Waals surface area contributed by atoms with Gasteiger partial charge in [-0.15, -0.1) is 0 Å². The van der Waals surface area contributed by atoms with Gasteiger partial charge in [-0.05, 0) is 52.9 Å². The molecule has 0 aliphatic carbocycles. The van der Waals surface area contributed by atoms with Crippen molar-refractivity contribution in [1.29, 1.82) is 0 Å². The van der Waals surface area contributed by atoms with Gasteiger partial charge in [0.1, 0.15) is 0 Å². The van der Waals surface area contributed by atoms with Crippen LogP contribution in [0.5, 0.6) is 0 Å². The summed E-state index contributed by atoms with van der Waals surface area (Å²) in [6.07, 6.45) is 17.6. The van der Waals surface area contributed by atoms with Crippen LogP contribution in [0.3, 0.4) is 0 Å². The number of amides is 1. The van der Waals surface area contributed by atoms with Crippen molar-refractivity contribution < 1.29 is 4.79 Å². The van der Waals surface area contributed by atoms with E-state index in [1.54, 1.807) is 6.08 Å². The van der Waals surface area contributed by atoms with Crippen molar-refractivity contribution in [2.75, 3.05) is 6.54 Å². The molecule has 0 heterocycles. The highest BCUT2D eigenvalue weighted by Crippen LogP contribution is 2.06. The average molecular weight is 289 g/mol. The first-order valence-corrected chi connectivity index (χ1v) is 7.94. The third-order valence-electron chi connectivity index (χ3n) is 2.93. The van der Waals surface area contributed by atoms with Gasteiger partial charge < -0.3 is 5.32 Å². The average Bonchev–Trinajstić information content (AvgIpc) is 2.41. The van der Waals surface area contributed by atoms with Crippen molar-refractivity contribution in [2.45, 2.75) is 59.8 Å². The fourth-order valence-corrected chi connectivity index (χ4v) is 1.77. The Morgan fingerprint density at radius 1 is 0.952 bits per heavy atom. The lowest BCUT2D eigenvalue weighted by molar-refractivity contribution is -0.116. The number of unbranched alkanes of at least 4 members (excludes halogenated alkanes) is 1. The maximum Gasteiger partial charge on any atom is 0.244 e. The molecular formula is C19H31NO. The first kappa shape index (κ1) is 19.4. The van der Waals surface area contributed by atoms with E-state index in [1.807, 2.05) is 13.0 Å². The zero-order valence-electron chi connectivity index (χ0n) is 14.1. The van der Waals surface area contributed by atoms with Gasteiger partial charge in [-0.2, -0.15) is 0 Å². The number of carbonyl (C=O) groups excluding carboxylic acids is 1. The lowest BCUT2D eigenvalue weighted by Gasteiger charge is -2.00. The molecule has 118 valence electrons. The lowest BCUT2D eigenvalue weighted by atomic mass is 10.1. The van der Waals surface area contributed by atoms with Gasteiger partial charge in [0.15, 0.2) is 0 Å². The van der Waals surface area contributed by atoms with E-state index < -0.39 is 0 Å². The molecule has 0 atom stereocenters. The number of rotatable bonds is 10. The third-order valence-corrected chi connectivity index (χ3v) is 2.93. The Bertz CT molecular complexity index is 396. The van der Waals surface area contributed by atoms with E-state index in [2.05, 4.69) is 50.4 Å². The number of hydrogen-bond donors (Lipinski definition) is 1. The van der Waals surface area contributed by atoms with E-state index in [1.165, 1.54) is 5.57 Å². The van der Waals surface area contributed by atoms with Crippen molar-refractivity contribution in [3.8, 4) is 0 Å². The minimum Gasteiger partial charge on any atom is -0.349 e. The monoisotopic (exact) mass is 289 g/mol. The van der Waals surface area contributed by atoms with E-state index in [0.29, 0.717) is 6.54 Å². The molecule has 0 spiro atoms. The number of hydrogen-bond acceptors (Lipinski definition) is 1. The molecule has 1 amide bonds. The van der Waals surface area contributed by atoms with Gasteiger partial charge in [0.05, 0.1) is 0 Å². The van der Waals surface area contributed by atoms with E-state index in [0.717, 1.165) is 37.7 Å². The van der Waals surface area contributed by atoms with E-state index in [9.17, 15) is 4.79 Å². The quantitative estimate of drug-likeness (QED) is 0.338. The van der Waals surface area contributed by atoms with Crippen molar-refractivity contribution in [2.24, 2.45) is 0 Å². The van der Waals surface area contributed by atoms with Gasteiger partial charge in [0.25, 0.3) is 0 Å². The van der Waals surface area contributed by atoms with E-state index in [4.69, 9.17) is 0 Å². The normalized spacial score (nSPS) is 12.1. The molecule has 0 aliphatic rings. The zero-order chi connectivity index (χ0) is 15.9. The van der Waals surface area contributed by atoms with Crippen molar-refractivity contribution in [1.82, 2.24) is 5.32 Å². The van der Waals surface area contributed by atoms with Crippen LogP contribution >= 0.6 is 0 Å². The summed E-state index contributed by atoms with van der Waals surface area (Å²) in [5, 5.41) is 2.88. The second-order valence-corrected chi connectivity index (χ2v) is 5.48. The summed E-state index contributed by atoms with van der Waals surface area (Å²) < 4.78 is 0. The largest absolute Gasteiger partial charge is 0.349 e. The molecule has 0 fully saturated rings. The van der Waals surface area contributed by atoms with Crippen LogP contribution < -0.4 is 5.32 Å². The molecule has 0 unspecified atom stereocenters. The van der Waals surface area contributed by atoms with Gasteiger partial charge in [-0.1, -0.05) is 48.5 Å². The van der Waals surface area contributed by atoms with Gasteiger partial charge in [0, 0.05) is 12.6 Å². The third kappa shape index (κ3) is 14.6. The Morgan fingerprint density at radius 2 is 1.62 bits per heavy atom. The molecule has 2 heteroatoms. The second-order valence-electron chi connectivity index (χ2n) is 5.48. The van der Waals surface area contributed by atoms with Crippen LogP contribution in [0, 0.1) is 0 Å². The van der Waals surface area contributed by atoms with Crippen molar-refractivity contribution in [3.63, 3.8) is 0 Å². The maximum absolute atomic E-state index is 11.7. The van der Waals surface area contributed by atoms with Crippen LogP contribution in [-0.2, 0) is 4.79 Å². The van der Waals surface area contributed by atoms with Gasteiger partial charge in [-0.25, -0.2) is 0 Å². The van der Waals surface area contributed by atoms with Crippen LogP contribution in [0.15, 0.2) is 47.6 Å². The van der Waals surface area contributed by atoms with Crippen LogP contribution in [-0.4, -0.2) is 12.5 Å². The summed E-state index contributed by atoms with van der Waals surface area (Å²) in [6.45, 7) is 8.94. The van der Waals surface area contributed by atoms with E-state index >= 15 is 0 Å². The second kappa shape index (κ2) is 13.4. The molecular weight excluding hydrogens is 258 g/mol. The van der Waals surface area contributed by atoms with Crippen LogP contribution in [0.2, 0.25) is 0 Å². The van der Waals surface area contributed by atoms with E-state index in [-0.39, 0.29) is 5.91 Å². The Labute approximate surface area is 130 Å². The topological polar surface area (TPSA) is 29.1 Å². The number of nitrogens with one attached hydrogen (secondary N) is 1. The molecule has 1 N–H and O–H groups in total. The summed E-state index contributed by atoms with van der Waals surface area (Å²) in [7, 11) is 0. The predicted octanol–water partition coefficient (Wildman–Crippen LogP) is 5.10. The Kier molecular flexibility index (Phi) is 12.4. The van der Waals surface area contributed by atoms with Crippen LogP contribution in [0.25, 0.3) is 0 Å². The predicted molar refractivity (Wildman–Crippen MR) is 93.2 cm³/mol. The maximum atomic E-state index is 11.7. The standard InChI is InChI=1S/C19H31NO/c1-5-6-7-8-9-10-11-15-20-19(21)16-18(4)14-12-13-17(2)3/h6-7,10-11,13,16H,5,8-9,12,14-15H2,1-4H3,(H,20,21)/b7-6-,11-10-,18-16+. The highest BCUT2D eigenvalue weighted by atomic mass is 16.1. The Hall–Kier alpha value is -1.57. The molecule has 0 aromatic heterocycles. The van der Waals surface area contributed by atoms with Crippen molar-refractivity contribution in [3.05, 3.63) is 47.6 Å². The lowest BCUT2D eigenvalue weighted by Crippen LogP contribution is -2.21. The van der Waals surface area contributed by atoms with Crippen LogP contribution in [0.4, 0.5) is 0 Å². The first-order chi connectivity index (χ1) is 10.1. The first-order valence-electron chi connectivity index (χ1n) is 7.94. The molecule has 0 saturated heterocycles. The smallest absolute Gasteiger partial charge is 0.244 e. The fourth-order valence-electron chi connectivity index (χ4n) is 1.77. The van der Waals surface area contributed by atoms with Gasteiger partial charge in [-0.3, -0.25) is 4.79 Å². The molecule has 2 nitrogen and oxygen atoms in total. The Balaban J connectivity index is 3.80. The summed E-state index contributed by atoms with van der Waals surface area (Å²) in [5.74, 6) is 0.000212. The van der Waals surface area contributed by atoms with Crippen LogP contribution in [0.1, 0.15) is 59.8 Å². The molecule has 21 heavy (non-hydrogen) atoms. The molecule has 0 aromatic carbocycles. The summed E-state index contributed by atoms with van der Waals surface area (Å²) in [4.78, 5) is 11.7. The highest BCUT2D eigenvalue weighted by molar-refractivity contribution is 5.88. The number of carbonyl (C=O) groups is 1. The summed E-state index contributed by atoms with van der Waals surface area (Å²) in [6, 6.07) is 0. The minimum atomic E-state index is 0.000212. The number of allylic oxidation sites excluding steroid dienone is 6. The van der Waals surface area contributed by atoms with Gasteiger partial charge in [0.2, 0.25) is 5.91 Å². The molecule has 0 aromatic rings. The van der Waals surface area contributed by atoms with Crippen molar-refractivity contribution >= 4 is 5.91 Å². The molecule has 0 saturated carbocycles. The molecule has 0 rings (SSSR count). The highest BCUT2D eigenvalue weighted by Gasteiger charge is 1.96.